The zero-order valence-electron chi connectivity index (χ0n) is 30.4. The highest BCUT2D eigenvalue weighted by Gasteiger charge is 2.50. The largest absolute Gasteiger partial charge is 0.475 e. The Morgan fingerprint density at radius 2 is 1.96 bits per heavy atom. The van der Waals surface area contributed by atoms with Crippen LogP contribution in [0.25, 0.3) is 32.9 Å². The van der Waals surface area contributed by atoms with Crippen LogP contribution in [0.15, 0.2) is 59.5 Å². The maximum atomic E-state index is 17.6. The molecule has 14 nitrogen and oxygen atoms in total. The van der Waals surface area contributed by atoms with E-state index in [4.69, 9.17) is 30.0 Å². The summed E-state index contributed by atoms with van der Waals surface area (Å²) in [7, 11) is -4.77. The van der Waals surface area contributed by atoms with Crippen molar-refractivity contribution in [1.29, 1.82) is 0 Å². The molecule has 4 saturated heterocycles. The summed E-state index contributed by atoms with van der Waals surface area (Å²) >= 11 is 0. The lowest BCUT2D eigenvalue weighted by atomic mass is 9.95. The molecule has 5 aliphatic rings. The molecule has 10 rings (SSSR count). The van der Waals surface area contributed by atoms with Crippen molar-refractivity contribution in [3.05, 3.63) is 76.1 Å². The highest BCUT2D eigenvalue weighted by atomic mass is 32.2. The minimum atomic E-state index is -4.77. The Hall–Kier alpha value is -5.70. The Balaban J connectivity index is 1.15. The van der Waals surface area contributed by atoms with E-state index in [0.717, 1.165) is 44.4 Å². The number of nitrogens with zero attached hydrogens (tertiary/aromatic N) is 6. The molecule has 3 aromatic carbocycles. The lowest BCUT2D eigenvalue weighted by molar-refractivity contribution is -0.387. The summed E-state index contributed by atoms with van der Waals surface area (Å²) in [5.74, 6) is 1.96. The molecule has 0 saturated carbocycles. The fourth-order valence-corrected chi connectivity index (χ4v) is 10.6. The van der Waals surface area contributed by atoms with Gasteiger partial charge in [0.05, 0.1) is 16.5 Å². The van der Waals surface area contributed by atoms with Gasteiger partial charge in [-0.15, -0.1) is 6.42 Å². The van der Waals surface area contributed by atoms with Gasteiger partial charge in [0.1, 0.15) is 47.5 Å². The second-order valence-electron chi connectivity index (χ2n) is 15.4. The second-order valence-corrected chi connectivity index (χ2v) is 16.9. The summed E-state index contributed by atoms with van der Waals surface area (Å²) in [6.45, 7) is 2.02. The van der Waals surface area contributed by atoms with E-state index < -0.39 is 43.2 Å². The second kappa shape index (κ2) is 13.2. The zero-order chi connectivity index (χ0) is 39.2. The molecule has 5 aromatic rings. The molecule has 57 heavy (non-hydrogen) atoms. The van der Waals surface area contributed by atoms with Crippen LogP contribution in [-0.4, -0.2) is 95.9 Å². The van der Waals surface area contributed by atoms with Crippen molar-refractivity contribution < 1.29 is 35.8 Å². The summed E-state index contributed by atoms with van der Waals surface area (Å²) in [4.78, 5) is 28.8. The molecule has 7 heterocycles. The predicted octanol–water partition coefficient (Wildman–Crippen LogP) is 5.30. The van der Waals surface area contributed by atoms with Gasteiger partial charge in [-0.3, -0.25) is 15.0 Å². The number of rotatable bonds is 8. The van der Waals surface area contributed by atoms with Crippen LogP contribution in [0.5, 0.6) is 17.6 Å². The highest BCUT2D eigenvalue weighted by molar-refractivity contribution is 7.87. The molecule has 1 N–H and O–H groups in total. The normalized spacial score (nSPS) is 25.1. The molecule has 0 aliphatic carbocycles. The molecular weight excluding hydrogens is 761 g/mol. The molecule has 0 spiro atoms. The number of nitro benzene ring substituents is 1. The molecule has 0 unspecified atom stereocenters. The Bertz CT molecular complexity index is 2680. The highest BCUT2D eigenvalue weighted by Crippen LogP contribution is 2.46. The molecular formula is C40H35F2N7O7S. The molecule has 5 aliphatic heterocycles. The number of terminal acetylenes is 1. The van der Waals surface area contributed by atoms with E-state index in [9.17, 15) is 22.9 Å². The Morgan fingerprint density at radius 3 is 2.81 bits per heavy atom. The number of nitrogens with one attached hydrogen (secondary N) is 1. The van der Waals surface area contributed by atoms with E-state index in [-0.39, 0.29) is 71.1 Å². The number of halogens is 2. The van der Waals surface area contributed by atoms with E-state index in [1.807, 2.05) is 0 Å². The van der Waals surface area contributed by atoms with Gasteiger partial charge in [-0.2, -0.15) is 18.4 Å². The monoisotopic (exact) mass is 795 g/mol. The van der Waals surface area contributed by atoms with Crippen molar-refractivity contribution in [3.8, 4) is 41.2 Å². The van der Waals surface area contributed by atoms with Crippen molar-refractivity contribution in [2.24, 2.45) is 0 Å². The first-order chi connectivity index (χ1) is 27.5. The van der Waals surface area contributed by atoms with E-state index >= 15 is 4.39 Å². The predicted molar refractivity (Wildman–Crippen MR) is 204 cm³/mol. The Kier molecular flexibility index (Phi) is 8.26. The third-order valence-corrected chi connectivity index (χ3v) is 13.4. The number of piperazine rings is 1. The number of hydrogen-bond donors (Lipinski definition) is 1. The van der Waals surface area contributed by atoms with Gasteiger partial charge in [-0.25, -0.2) is 13.8 Å². The average molecular weight is 796 g/mol. The molecule has 2 aromatic heterocycles. The van der Waals surface area contributed by atoms with Crippen LogP contribution in [0.1, 0.15) is 37.7 Å². The van der Waals surface area contributed by atoms with Gasteiger partial charge in [-0.1, -0.05) is 30.2 Å². The summed E-state index contributed by atoms with van der Waals surface area (Å²) in [5.41, 5.74) is -1.15. The number of aromatic nitrogens is 3. The van der Waals surface area contributed by atoms with Crippen LogP contribution < -0.4 is 23.9 Å². The molecule has 0 radical (unpaired) electrons. The van der Waals surface area contributed by atoms with Crippen LogP contribution >= 0.6 is 0 Å². The standard InChI is InChI=1S/C40H35F2N7O7S/c1-2-22-7-5-8-23-15-26(56-57(52,53)31-10-4-3-9-29(31)49(50)51)16-27(32(22)23)35-34(42)36-33-37(48-19-25-11-12-28(43-25)30(48)20-54-38(33)44-35)46-39(45-36)55-21-40-13-6-14-47(40)18-24(41)17-40/h1,3-5,7-10,15-16,24-25,28,30,43H,6,11-14,17-21H2/t24-,25-,28+,30-,40+/m1/s1. The first kappa shape index (κ1) is 35.7. The van der Waals surface area contributed by atoms with Crippen molar-refractivity contribution >= 4 is 43.3 Å². The molecule has 0 amide bonds. The molecule has 292 valence electrons. The number of hydrogen-bond acceptors (Lipinski definition) is 13. The fraction of sp³-hybridized carbons (Fsp3) is 0.375. The Labute approximate surface area is 325 Å². The van der Waals surface area contributed by atoms with Crippen LogP contribution in [0, 0.1) is 28.3 Å². The van der Waals surface area contributed by atoms with E-state index in [2.05, 4.69) is 26.0 Å². The number of pyridine rings is 1. The van der Waals surface area contributed by atoms with Crippen LogP contribution in [0.2, 0.25) is 0 Å². The molecule has 5 atom stereocenters. The first-order valence-corrected chi connectivity index (χ1v) is 20.2. The van der Waals surface area contributed by atoms with Gasteiger partial charge in [0, 0.05) is 54.2 Å². The van der Waals surface area contributed by atoms with Gasteiger partial charge >= 0.3 is 16.1 Å². The van der Waals surface area contributed by atoms with Crippen LogP contribution in [0.3, 0.4) is 0 Å². The Morgan fingerprint density at radius 1 is 1.11 bits per heavy atom. The summed E-state index contributed by atoms with van der Waals surface area (Å²) in [6, 6.07) is 12.5. The number of anilines is 1. The van der Waals surface area contributed by atoms with E-state index in [1.165, 1.54) is 24.3 Å². The summed E-state index contributed by atoms with van der Waals surface area (Å²) in [6.07, 6.45) is 8.86. The molecule has 17 heteroatoms. The minimum absolute atomic E-state index is 0.0649. The smallest absolute Gasteiger partial charge is 0.346 e. The van der Waals surface area contributed by atoms with E-state index in [0.29, 0.717) is 41.7 Å². The minimum Gasteiger partial charge on any atom is -0.475 e. The summed E-state index contributed by atoms with van der Waals surface area (Å²) in [5, 5.41) is 16.4. The maximum absolute atomic E-state index is 17.6. The van der Waals surface area contributed by atoms with Gasteiger partial charge in [0.25, 0.3) is 5.69 Å². The van der Waals surface area contributed by atoms with Crippen molar-refractivity contribution in [3.63, 3.8) is 0 Å². The first-order valence-electron chi connectivity index (χ1n) is 18.8. The summed E-state index contributed by atoms with van der Waals surface area (Å²) < 4.78 is 77.7. The molecule has 2 bridgehead atoms. The number of ether oxygens (including phenoxy) is 2. The van der Waals surface area contributed by atoms with Crippen LogP contribution in [0.4, 0.5) is 20.3 Å². The number of nitro groups is 1. The topological polar surface area (TPSA) is 162 Å². The average Bonchev–Trinajstić information content (AvgIpc) is 3.84. The van der Waals surface area contributed by atoms with Gasteiger partial charge < -0.3 is 23.9 Å². The fourth-order valence-electron chi connectivity index (χ4n) is 9.55. The lowest BCUT2D eigenvalue weighted by Gasteiger charge is -2.40. The van der Waals surface area contributed by atoms with E-state index in [1.54, 1.807) is 18.2 Å². The lowest BCUT2D eigenvalue weighted by Crippen LogP contribution is -2.60. The third-order valence-electron chi connectivity index (χ3n) is 12.1. The van der Waals surface area contributed by atoms with Gasteiger partial charge in [-0.05, 0) is 61.9 Å². The quantitative estimate of drug-likeness (QED) is 0.0934. The maximum Gasteiger partial charge on any atom is 0.346 e. The zero-order valence-corrected chi connectivity index (χ0v) is 31.2. The van der Waals surface area contributed by atoms with Gasteiger partial charge in [0.15, 0.2) is 10.7 Å². The van der Waals surface area contributed by atoms with Crippen molar-refractivity contribution in [1.82, 2.24) is 25.2 Å². The molecule has 4 fully saturated rings. The third kappa shape index (κ3) is 5.79. The van der Waals surface area contributed by atoms with Crippen molar-refractivity contribution in [2.45, 2.75) is 66.8 Å². The SMILES string of the molecule is C#Cc1cccc2cc(OS(=O)(=O)c3ccccc3[N+](=O)[O-])cc(-c3nc4c5c(nc(OC[C@@]67CCCN6C[C@H](F)C7)nc5c3F)N3C[C@H]5CC[C@H](N5)[C@H]3CO4)c12. The number of benzene rings is 3. The van der Waals surface area contributed by atoms with Crippen LogP contribution in [-0.2, 0) is 10.1 Å². The van der Waals surface area contributed by atoms with Gasteiger partial charge in [0.2, 0.25) is 5.88 Å². The number of para-hydroxylation sites is 1. The van der Waals surface area contributed by atoms with Crippen molar-refractivity contribution in [2.75, 3.05) is 37.7 Å². The number of fused-ring (bicyclic) bond motifs is 7. The number of alkyl halides is 1.